The summed E-state index contributed by atoms with van der Waals surface area (Å²) in [5.74, 6) is 0. The summed E-state index contributed by atoms with van der Waals surface area (Å²) in [6, 6.07) is 0. The van der Waals surface area contributed by atoms with Crippen LogP contribution in [0.1, 0.15) is 40.5 Å². The van der Waals surface area contributed by atoms with Gasteiger partial charge in [0.15, 0.2) is 0 Å². The predicted octanol–water partition coefficient (Wildman–Crippen LogP) is -1.68. The van der Waals surface area contributed by atoms with Crippen LogP contribution in [0.3, 0.4) is 0 Å². The quantitative estimate of drug-likeness (QED) is 0.535. The first kappa shape index (κ1) is 17.3. The molecule has 0 fully saturated rings. The first-order valence-electron chi connectivity index (χ1n) is 5.57. The van der Waals surface area contributed by atoms with Gasteiger partial charge in [-0.2, -0.15) is 0 Å². The maximum absolute atomic E-state index is 2.37. The molecule has 0 aliphatic heterocycles. The van der Waals surface area contributed by atoms with Crippen LogP contribution in [-0.4, -0.2) is 0 Å². The number of rotatable bonds is 2. The molecule has 2 aliphatic rings. The van der Waals surface area contributed by atoms with Crippen LogP contribution in [0.15, 0.2) is 42.2 Å². The maximum Gasteiger partial charge on any atom is -1.00 e. The van der Waals surface area contributed by atoms with Gasteiger partial charge in [0.2, 0.25) is 0 Å². The van der Waals surface area contributed by atoms with Crippen LogP contribution in [-0.2, 0) is 19.2 Å². The predicted molar refractivity (Wildman–Crippen MR) is 62.1 cm³/mol. The van der Waals surface area contributed by atoms with Gasteiger partial charge in [-0.25, -0.2) is 0 Å². The molecule has 2 rings (SSSR count). The van der Waals surface area contributed by atoms with Crippen molar-refractivity contribution in [3.05, 3.63) is 42.2 Å². The Hall–Kier alpha value is 0.254. The number of allylic oxidation sites excluding steroid dienone is 8. The minimum Gasteiger partial charge on any atom is -1.00 e. The molecular formula is C14H18Cl2Ti. The smallest absolute Gasteiger partial charge is 1.00 e. The Balaban J connectivity index is 0.00000128. The summed E-state index contributed by atoms with van der Waals surface area (Å²) in [6.07, 6.45) is 7.23. The van der Waals surface area contributed by atoms with E-state index in [2.05, 4.69) is 39.8 Å². The van der Waals surface area contributed by atoms with Gasteiger partial charge < -0.3 is 24.8 Å². The molecule has 3 heteroatoms. The summed E-state index contributed by atoms with van der Waals surface area (Å²) in [5.41, 5.74) is 6.20. The van der Waals surface area contributed by atoms with E-state index in [1.165, 1.54) is 12.8 Å². The van der Waals surface area contributed by atoms with Crippen LogP contribution in [0, 0.1) is 0 Å². The fourth-order valence-electron chi connectivity index (χ4n) is 2.32. The second-order valence-corrected chi connectivity index (χ2v) is 7.06. The van der Waals surface area contributed by atoms with E-state index < -0.39 is 0 Å². The number of hydrogen-bond acceptors (Lipinski definition) is 0. The molecule has 0 heterocycles. The van der Waals surface area contributed by atoms with E-state index >= 15 is 0 Å². The van der Waals surface area contributed by atoms with E-state index in [4.69, 9.17) is 0 Å². The van der Waals surface area contributed by atoms with Crippen LogP contribution in [0.25, 0.3) is 0 Å². The Morgan fingerprint density at radius 1 is 0.765 bits per heavy atom. The molecule has 0 spiro atoms. The molecule has 0 saturated heterocycles. The summed E-state index contributed by atoms with van der Waals surface area (Å²) in [7, 11) is 0. The second kappa shape index (κ2) is 6.99. The van der Waals surface area contributed by atoms with E-state index in [1.807, 2.05) is 0 Å². The van der Waals surface area contributed by atoms with Crippen LogP contribution in [0.2, 0.25) is 0 Å². The van der Waals surface area contributed by atoms with Gasteiger partial charge in [-0.1, -0.05) is 0 Å². The van der Waals surface area contributed by atoms with Gasteiger partial charge in [0, 0.05) is 0 Å². The Morgan fingerprint density at radius 3 is 1.35 bits per heavy atom. The fourth-order valence-corrected chi connectivity index (χ4v) is 4.88. The van der Waals surface area contributed by atoms with Crippen molar-refractivity contribution >= 4 is 0 Å². The molecule has 0 saturated carbocycles. The van der Waals surface area contributed by atoms with Crippen LogP contribution in [0.4, 0.5) is 0 Å². The van der Waals surface area contributed by atoms with E-state index in [1.54, 1.807) is 30.0 Å². The Kier molecular flexibility index (Phi) is 7.10. The zero-order valence-corrected chi connectivity index (χ0v) is 13.9. The molecule has 0 bridgehead atoms. The van der Waals surface area contributed by atoms with Crippen LogP contribution < -0.4 is 24.8 Å². The maximum atomic E-state index is 2.37. The topological polar surface area (TPSA) is 0 Å². The largest absolute Gasteiger partial charge is 1.00 e. The molecule has 0 N–H and O–H groups in total. The zero-order valence-electron chi connectivity index (χ0n) is 10.8. The van der Waals surface area contributed by atoms with Gasteiger partial charge in [-0.05, 0) is 0 Å². The normalized spacial score (nSPS) is 18.4. The third-order valence-corrected chi connectivity index (χ3v) is 5.82. The monoisotopic (exact) mass is 304 g/mol. The first-order chi connectivity index (χ1) is 7.06. The Morgan fingerprint density at radius 2 is 1.12 bits per heavy atom. The van der Waals surface area contributed by atoms with Crippen molar-refractivity contribution in [2.45, 2.75) is 40.5 Å². The third-order valence-electron chi connectivity index (χ3n) is 3.09. The van der Waals surface area contributed by atoms with Crippen LogP contribution >= 0.6 is 0 Å². The average Bonchev–Trinajstić information content (AvgIpc) is 2.58. The van der Waals surface area contributed by atoms with Gasteiger partial charge in [0.05, 0.1) is 0 Å². The summed E-state index contributed by atoms with van der Waals surface area (Å²) in [6.45, 7) is 9.06. The number of hydrogen-bond donors (Lipinski definition) is 0. The minimum atomic E-state index is -0.00593. The van der Waals surface area contributed by atoms with Crippen molar-refractivity contribution in [2.24, 2.45) is 0 Å². The van der Waals surface area contributed by atoms with Gasteiger partial charge in [-0.15, -0.1) is 0 Å². The van der Waals surface area contributed by atoms with Gasteiger partial charge in [0.1, 0.15) is 0 Å². The van der Waals surface area contributed by atoms with Gasteiger partial charge >= 0.3 is 102 Å². The Bertz CT molecular complexity index is 386. The van der Waals surface area contributed by atoms with E-state index in [0.29, 0.717) is 0 Å². The molecule has 0 radical (unpaired) electrons. The molecule has 0 amide bonds. The van der Waals surface area contributed by atoms with Crippen molar-refractivity contribution in [3.8, 4) is 0 Å². The Labute approximate surface area is 126 Å². The SMILES string of the molecule is CC1=CC(C)=[C]([Ti+2][C]2=C(C)C=C(C)C2)C1.[Cl-].[Cl-]. The van der Waals surface area contributed by atoms with E-state index in [-0.39, 0.29) is 44.0 Å². The zero-order chi connectivity index (χ0) is 11.0. The molecule has 0 nitrogen and oxygen atoms in total. The molecule has 0 unspecified atom stereocenters. The molecule has 0 atom stereocenters. The fraction of sp³-hybridized carbons (Fsp3) is 0.429. The molecule has 2 aliphatic carbocycles. The van der Waals surface area contributed by atoms with Gasteiger partial charge in [-0.3, -0.25) is 0 Å². The van der Waals surface area contributed by atoms with Crippen LogP contribution in [0.5, 0.6) is 0 Å². The average molecular weight is 305 g/mol. The van der Waals surface area contributed by atoms with Crippen molar-refractivity contribution in [2.75, 3.05) is 0 Å². The molecule has 0 aromatic heterocycles. The first-order valence-corrected chi connectivity index (χ1v) is 7.13. The van der Waals surface area contributed by atoms with Crippen molar-refractivity contribution in [1.82, 2.24) is 0 Å². The molecular weight excluding hydrogens is 287 g/mol. The standard InChI is InChI=1S/2C7H9.2ClH.Ti/c2*1-6-3-4-7(2)5-6;;;/h2*5H,3H2,1-2H3;2*1H;/q;;;;+2/p-2. The summed E-state index contributed by atoms with van der Waals surface area (Å²) in [5, 5.41) is 0. The van der Waals surface area contributed by atoms with Crippen molar-refractivity contribution < 1.29 is 44.0 Å². The second-order valence-electron chi connectivity index (χ2n) is 4.78. The van der Waals surface area contributed by atoms with Crippen molar-refractivity contribution in [1.29, 1.82) is 0 Å². The minimum absolute atomic E-state index is 0. The summed E-state index contributed by atoms with van der Waals surface area (Å²) >= 11 is -0.00593. The van der Waals surface area contributed by atoms with E-state index in [9.17, 15) is 0 Å². The van der Waals surface area contributed by atoms with Gasteiger partial charge in [0.25, 0.3) is 0 Å². The number of halogens is 2. The van der Waals surface area contributed by atoms with E-state index in [0.717, 1.165) is 0 Å². The molecule has 0 aromatic rings. The molecule has 0 aromatic carbocycles. The molecule has 92 valence electrons. The summed E-state index contributed by atoms with van der Waals surface area (Å²) in [4.78, 5) is 0. The summed E-state index contributed by atoms with van der Waals surface area (Å²) < 4.78 is 3.51. The molecule has 17 heavy (non-hydrogen) atoms. The third kappa shape index (κ3) is 4.14. The van der Waals surface area contributed by atoms with Crippen molar-refractivity contribution in [3.63, 3.8) is 0 Å².